The Morgan fingerprint density at radius 1 is 1.48 bits per heavy atom. The number of amides is 1. The van der Waals surface area contributed by atoms with E-state index in [2.05, 4.69) is 5.32 Å². The van der Waals surface area contributed by atoms with Crippen molar-refractivity contribution < 1.29 is 19.4 Å². The van der Waals surface area contributed by atoms with Crippen molar-refractivity contribution in [2.75, 3.05) is 32.8 Å². The van der Waals surface area contributed by atoms with E-state index in [0.29, 0.717) is 45.6 Å². The summed E-state index contributed by atoms with van der Waals surface area (Å²) in [6.07, 6.45) is 3.29. The Bertz CT molecular complexity index is 378. The van der Waals surface area contributed by atoms with E-state index in [1.165, 1.54) is 0 Å². The monoisotopic (exact) mass is 298 g/mol. The van der Waals surface area contributed by atoms with Crippen molar-refractivity contribution in [1.29, 1.82) is 0 Å². The fourth-order valence-corrected chi connectivity index (χ4v) is 3.40. The highest BCUT2D eigenvalue weighted by atomic mass is 16.5. The van der Waals surface area contributed by atoms with Gasteiger partial charge in [-0.3, -0.25) is 9.59 Å². The van der Waals surface area contributed by atoms with E-state index < -0.39 is 11.4 Å². The van der Waals surface area contributed by atoms with Crippen LogP contribution in [0.1, 0.15) is 39.0 Å². The average Bonchev–Trinajstić information content (AvgIpc) is 2.48. The Morgan fingerprint density at radius 2 is 2.29 bits per heavy atom. The summed E-state index contributed by atoms with van der Waals surface area (Å²) in [5.41, 5.74) is -0.751. The lowest BCUT2D eigenvalue weighted by Crippen LogP contribution is -2.52. The molecular weight excluding hydrogens is 272 g/mol. The summed E-state index contributed by atoms with van der Waals surface area (Å²) in [5.74, 6) is -0.722. The van der Waals surface area contributed by atoms with Crippen LogP contribution in [0.25, 0.3) is 0 Å². The van der Waals surface area contributed by atoms with E-state index in [4.69, 9.17) is 4.74 Å². The van der Waals surface area contributed by atoms with Crippen LogP contribution in [0.2, 0.25) is 0 Å². The van der Waals surface area contributed by atoms with Gasteiger partial charge in [-0.1, -0.05) is 13.3 Å². The topological polar surface area (TPSA) is 78.9 Å². The van der Waals surface area contributed by atoms with Gasteiger partial charge in [0.05, 0.1) is 18.6 Å². The van der Waals surface area contributed by atoms with Crippen LogP contribution in [0.5, 0.6) is 0 Å². The van der Waals surface area contributed by atoms with E-state index in [1.54, 1.807) is 4.90 Å². The first-order valence-corrected chi connectivity index (χ1v) is 7.90. The molecule has 2 N–H and O–H groups in total. The van der Waals surface area contributed by atoms with Crippen molar-refractivity contribution in [3.63, 3.8) is 0 Å². The molecule has 2 rings (SSSR count). The van der Waals surface area contributed by atoms with Gasteiger partial charge in [-0.05, 0) is 19.3 Å². The molecule has 2 unspecified atom stereocenters. The zero-order chi connectivity index (χ0) is 15.3. The van der Waals surface area contributed by atoms with Crippen molar-refractivity contribution in [2.45, 2.75) is 45.1 Å². The number of aliphatic carboxylic acids is 1. The van der Waals surface area contributed by atoms with Gasteiger partial charge in [-0.2, -0.15) is 0 Å². The number of hydrogen-bond donors (Lipinski definition) is 2. The van der Waals surface area contributed by atoms with Gasteiger partial charge < -0.3 is 20.1 Å². The number of nitrogens with one attached hydrogen (secondary N) is 1. The van der Waals surface area contributed by atoms with Crippen LogP contribution in [0.3, 0.4) is 0 Å². The molecule has 0 aromatic heterocycles. The van der Waals surface area contributed by atoms with Gasteiger partial charge in [0, 0.05) is 32.1 Å². The van der Waals surface area contributed by atoms with Crippen LogP contribution in [0.4, 0.5) is 0 Å². The number of morpholine rings is 1. The molecule has 2 heterocycles. The smallest absolute Gasteiger partial charge is 0.311 e. The Morgan fingerprint density at radius 3 is 2.90 bits per heavy atom. The number of carbonyl (C=O) groups is 2. The number of hydrogen-bond acceptors (Lipinski definition) is 4. The lowest BCUT2D eigenvalue weighted by Gasteiger charge is -2.40. The van der Waals surface area contributed by atoms with Gasteiger partial charge in [0.1, 0.15) is 0 Å². The van der Waals surface area contributed by atoms with Gasteiger partial charge in [0.2, 0.25) is 5.91 Å². The zero-order valence-corrected chi connectivity index (χ0v) is 12.8. The van der Waals surface area contributed by atoms with E-state index in [0.717, 1.165) is 19.4 Å². The molecule has 0 spiro atoms. The summed E-state index contributed by atoms with van der Waals surface area (Å²) < 4.78 is 5.36. The zero-order valence-electron chi connectivity index (χ0n) is 12.8. The Labute approximate surface area is 125 Å². The average molecular weight is 298 g/mol. The van der Waals surface area contributed by atoms with Gasteiger partial charge in [-0.25, -0.2) is 0 Å². The second kappa shape index (κ2) is 7.22. The maximum Gasteiger partial charge on any atom is 0.311 e. The third-order valence-corrected chi connectivity index (χ3v) is 4.53. The van der Waals surface area contributed by atoms with E-state index in [-0.39, 0.29) is 11.9 Å². The quantitative estimate of drug-likeness (QED) is 0.787. The molecule has 2 saturated heterocycles. The van der Waals surface area contributed by atoms with Crippen LogP contribution in [0.15, 0.2) is 0 Å². The second-order valence-corrected chi connectivity index (χ2v) is 6.18. The van der Waals surface area contributed by atoms with Gasteiger partial charge in [0.25, 0.3) is 0 Å². The highest BCUT2D eigenvalue weighted by Crippen LogP contribution is 2.35. The van der Waals surface area contributed by atoms with Crippen LogP contribution >= 0.6 is 0 Å². The largest absolute Gasteiger partial charge is 0.481 e. The molecule has 6 heteroatoms. The summed E-state index contributed by atoms with van der Waals surface area (Å²) in [6, 6.07) is 0.0542. The molecule has 0 saturated carbocycles. The molecular formula is C15H26N2O4. The Kier molecular flexibility index (Phi) is 5.58. The number of likely N-dealkylation sites (tertiary alicyclic amines) is 1. The van der Waals surface area contributed by atoms with Crippen molar-refractivity contribution in [3.8, 4) is 0 Å². The molecule has 0 aromatic rings. The number of ether oxygens (including phenoxy) is 1. The number of carbonyl (C=O) groups excluding carboxylic acids is 1. The summed E-state index contributed by atoms with van der Waals surface area (Å²) in [6.45, 7) is 5.03. The Hall–Kier alpha value is -1.14. The molecule has 21 heavy (non-hydrogen) atoms. The maximum atomic E-state index is 12.4. The molecule has 2 aliphatic rings. The molecule has 0 aromatic carbocycles. The highest BCUT2D eigenvalue weighted by Gasteiger charge is 2.42. The molecule has 120 valence electrons. The number of carboxylic acid groups (broad SMARTS) is 1. The normalized spacial score (nSPS) is 30.1. The molecule has 2 atom stereocenters. The summed E-state index contributed by atoms with van der Waals surface area (Å²) in [4.78, 5) is 25.8. The van der Waals surface area contributed by atoms with Crippen molar-refractivity contribution in [2.24, 2.45) is 5.41 Å². The van der Waals surface area contributed by atoms with E-state index >= 15 is 0 Å². The van der Waals surface area contributed by atoms with E-state index in [9.17, 15) is 14.7 Å². The summed E-state index contributed by atoms with van der Waals surface area (Å²) >= 11 is 0. The minimum Gasteiger partial charge on any atom is -0.481 e. The van der Waals surface area contributed by atoms with Crippen LogP contribution in [-0.2, 0) is 14.3 Å². The maximum absolute atomic E-state index is 12.4. The first-order chi connectivity index (χ1) is 10.1. The Balaban J connectivity index is 1.95. The molecule has 0 aliphatic carbocycles. The van der Waals surface area contributed by atoms with Crippen LogP contribution in [-0.4, -0.2) is 60.8 Å². The number of nitrogens with zero attached hydrogens (tertiary/aromatic N) is 1. The predicted molar refractivity (Wildman–Crippen MR) is 78.0 cm³/mol. The summed E-state index contributed by atoms with van der Waals surface area (Å²) in [5, 5.41) is 12.8. The molecule has 1 amide bonds. The fourth-order valence-electron chi connectivity index (χ4n) is 3.40. The predicted octanol–water partition coefficient (Wildman–Crippen LogP) is 0.858. The number of piperidine rings is 1. The van der Waals surface area contributed by atoms with Gasteiger partial charge in [-0.15, -0.1) is 0 Å². The standard InChI is InChI=1S/C15H26N2O4/c1-2-4-15(14(19)20)5-3-7-17(11-15)13(18)9-12-10-21-8-6-16-12/h12,16H,2-11H2,1H3,(H,19,20). The number of carboxylic acids is 1. The summed E-state index contributed by atoms with van der Waals surface area (Å²) in [7, 11) is 0. The molecule has 2 aliphatic heterocycles. The van der Waals surface area contributed by atoms with E-state index in [1.807, 2.05) is 6.92 Å². The fraction of sp³-hybridized carbons (Fsp3) is 0.867. The third-order valence-electron chi connectivity index (χ3n) is 4.53. The van der Waals surface area contributed by atoms with Gasteiger partial charge >= 0.3 is 5.97 Å². The van der Waals surface area contributed by atoms with Crippen molar-refractivity contribution >= 4 is 11.9 Å². The minimum absolute atomic E-state index is 0.0411. The van der Waals surface area contributed by atoms with Crippen molar-refractivity contribution in [1.82, 2.24) is 10.2 Å². The molecule has 6 nitrogen and oxygen atoms in total. The van der Waals surface area contributed by atoms with Crippen LogP contribution < -0.4 is 5.32 Å². The lowest BCUT2D eigenvalue weighted by atomic mass is 9.76. The van der Waals surface area contributed by atoms with Gasteiger partial charge in [0.15, 0.2) is 0 Å². The minimum atomic E-state index is -0.763. The third kappa shape index (κ3) is 3.95. The SMILES string of the molecule is CCCC1(C(=O)O)CCCN(C(=O)CC2COCCN2)C1. The highest BCUT2D eigenvalue weighted by molar-refractivity contribution is 5.80. The van der Waals surface area contributed by atoms with Crippen molar-refractivity contribution in [3.05, 3.63) is 0 Å². The second-order valence-electron chi connectivity index (χ2n) is 6.18. The lowest BCUT2D eigenvalue weighted by molar-refractivity contribution is -0.155. The molecule has 2 fully saturated rings. The molecule has 0 radical (unpaired) electrons. The number of rotatable bonds is 5. The molecule has 0 bridgehead atoms. The first-order valence-electron chi connectivity index (χ1n) is 7.90. The van der Waals surface area contributed by atoms with Crippen LogP contribution in [0, 0.1) is 5.41 Å². The first kappa shape index (κ1) is 16.2.